The Morgan fingerprint density at radius 3 is 2.89 bits per heavy atom. The molecule has 27 heavy (non-hydrogen) atoms. The number of methoxy groups -OCH3 is 1. The minimum absolute atomic E-state index is 0.0592. The number of rotatable bonds is 4. The molecule has 1 saturated heterocycles. The quantitative estimate of drug-likeness (QED) is 0.648. The summed E-state index contributed by atoms with van der Waals surface area (Å²) >= 11 is 0. The fourth-order valence-corrected chi connectivity index (χ4v) is 3.19. The van der Waals surface area contributed by atoms with Crippen molar-refractivity contribution in [2.24, 2.45) is 0 Å². The van der Waals surface area contributed by atoms with E-state index in [0.717, 1.165) is 17.0 Å². The number of urea groups is 1. The lowest BCUT2D eigenvalue weighted by Crippen LogP contribution is -2.41. The summed E-state index contributed by atoms with van der Waals surface area (Å²) in [6, 6.07) is 2.24. The Kier molecular flexibility index (Phi) is 4.22. The first-order chi connectivity index (χ1) is 13.0. The summed E-state index contributed by atoms with van der Waals surface area (Å²) in [5.41, 5.74) is 2.60. The van der Waals surface area contributed by atoms with Crippen molar-refractivity contribution in [1.29, 1.82) is 0 Å². The number of nitrogens with one attached hydrogen (secondary N) is 3. The molecule has 2 aliphatic heterocycles. The molecule has 10 nitrogen and oxygen atoms in total. The van der Waals surface area contributed by atoms with Crippen molar-refractivity contribution in [3.8, 4) is 17.3 Å². The molecule has 4 amide bonds. The van der Waals surface area contributed by atoms with E-state index in [1.807, 2.05) is 6.07 Å². The molecule has 1 fully saturated rings. The average Bonchev–Trinajstić information content (AvgIpc) is 3.23. The van der Waals surface area contributed by atoms with Gasteiger partial charge in [-0.15, -0.1) is 0 Å². The summed E-state index contributed by atoms with van der Waals surface area (Å²) < 4.78 is 5.05. The van der Waals surface area contributed by atoms with E-state index in [0.29, 0.717) is 31.2 Å². The topological polar surface area (TPSA) is 129 Å². The number of aromatic nitrogens is 3. The molecule has 0 saturated carbocycles. The number of H-pyrrole nitrogens is 1. The molecule has 2 aromatic heterocycles. The fraction of sp³-hybridized carbons (Fsp3) is 0.353. The SMILES string of the molecule is COc1ccc(-c2nc3c([nH]2)CN(C(=O)CC2NC(=O)NC2=O)CC3)cn1. The van der Waals surface area contributed by atoms with E-state index < -0.39 is 18.0 Å². The first kappa shape index (κ1) is 17.0. The number of fused-ring (bicyclic) bond motifs is 1. The molecule has 0 aromatic carbocycles. The van der Waals surface area contributed by atoms with E-state index in [1.165, 1.54) is 0 Å². The van der Waals surface area contributed by atoms with Crippen LogP contribution in [0.3, 0.4) is 0 Å². The zero-order valence-electron chi connectivity index (χ0n) is 14.6. The van der Waals surface area contributed by atoms with E-state index in [9.17, 15) is 14.4 Å². The zero-order chi connectivity index (χ0) is 19.0. The smallest absolute Gasteiger partial charge is 0.322 e. The zero-order valence-corrected chi connectivity index (χ0v) is 14.6. The molecule has 0 aliphatic carbocycles. The molecule has 0 spiro atoms. The molecule has 4 heterocycles. The highest BCUT2D eigenvalue weighted by Crippen LogP contribution is 2.24. The monoisotopic (exact) mass is 370 g/mol. The lowest BCUT2D eigenvalue weighted by Gasteiger charge is -2.26. The summed E-state index contributed by atoms with van der Waals surface area (Å²) in [6.45, 7) is 0.895. The number of pyridine rings is 1. The highest BCUT2D eigenvalue weighted by molar-refractivity contribution is 6.05. The number of hydrogen-bond acceptors (Lipinski definition) is 6. The Labute approximate surface area is 154 Å². The van der Waals surface area contributed by atoms with Gasteiger partial charge >= 0.3 is 6.03 Å². The van der Waals surface area contributed by atoms with Crippen molar-refractivity contribution in [2.45, 2.75) is 25.4 Å². The molecule has 1 unspecified atom stereocenters. The Morgan fingerprint density at radius 2 is 2.22 bits per heavy atom. The van der Waals surface area contributed by atoms with Gasteiger partial charge in [0.1, 0.15) is 11.9 Å². The van der Waals surface area contributed by atoms with Gasteiger partial charge in [-0.25, -0.2) is 14.8 Å². The molecular formula is C17H18N6O4. The first-order valence-electron chi connectivity index (χ1n) is 8.51. The van der Waals surface area contributed by atoms with Crippen molar-refractivity contribution in [3.63, 3.8) is 0 Å². The average molecular weight is 370 g/mol. The largest absolute Gasteiger partial charge is 0.481 e. The molecule has 0 bridgehead atoms. The highest BCUT2D eigenvalue weighted by atomic mass is 16.5. The number of aromatic amines is 1. The van der Waals surface area contributed by atoms with E-state index >= 15 is 0 Å². The van der Waals surface area contributed by atoms with Crippen LogP contribution in [0.5, 0.6) is 5.88 Å². The molecule has 0 radical (unpaired) electrons. The summed E-state index contributed by atoms with van der Waals surface area (Å²) in [7, 11) is 1.56. The minimum Gasteiger partial charge on any atom is -0.481 e. The number of imidazole rings is 1. The maximum absolute atomic E-state index is 12.5. The number of imide groups is 1. The van der Waals surface area contributed by atoms with Crippen LogP contribution in [0.25, 0.3) is 11.4 Å². The van der Waals surface area contributed by atoms with Gasteiger partial charge < -0.3 is 19.9 Å². The lowest BCUT2D eigenvalue weighted by atomic mass is 10.1. The van der Waals surface area contributed by atoms with Gasteiger partial charge in [0.15, 0.2) is 0 Å². The van der Waals surface area contributed by atoms with Crippen LogP contribution in [0.2, 0.25) is 0 Å². The van der Waals surface area contributed by atoms with Crippen LogP contribution in [0.15, 0.2) is 18.3 Å². The predicted octanol–water partition coefficient (Wildman–Crippen LogP) is -0.0369. The van der Waals surface area contributed by atoms with Gasteiger partial charge in [-0.3, -0.25) is 14.9 Å². The van der Waals surface area contributed by atoms with Gasteiger partial charge in [0, 0.05) is 30.8 Å². The molecule has 140 valence electrons. The number of carbonyl (C=O) groups excluding carboxylic acids is 3. The second kappa shape index (κ2) is 6.71. The molecule has 3 N–H and O–H groups in total. The lowest BCUT2D eigenvalue weighted by molar-refractivity contribution is -0.134. The standard InChI is InChI=1S/C17H18N6O4/c1-27-13-3-2-9(7-18-13)15-19-10-4-5-23(8-12(10)20-15)14(24)6-11-16(25)22-17(26)21-11/h2-3,7,11H,4-6,8H2,1H3,(H,19,20)(H2,21,22,25,26). The van der Waals surface area contributed by atoms with E-state index in [1.54, 1.807) is 24.3 Å². The van der Waals surface area contributed by atoms with E-state index in [4.69, 9.17) is 4.74 Å². The third kappa shape index (κ3) is 3.33. The maximum Gasteiger partial charge on any atom is 0.322 e. The Morgan fingerprint density at radius 1 is 1.37 bits per heavy atom. The van der Waals surface area contributed by atoms with Gasteiger partial charge in [0.25, 0.3) is 5.91 Å². The van der Waals surface area contributed by atoms with Crippen molar-refractivity contribution < 1.29 is 19.1 Å². The van der Waals surface area contributed by atoms with Crippen molar-refractivity contribution in [1.82, 2.24) is 30.5 Å². The minimum atomic E-state index is -0.811. The third-order valence-corrected chi connectivity index (χ3v) is 4.64. The summed E-state index contributed by atoms with van der Waals surface area (Å²) in [4.78, 5) is 49.0. The van der Waals surface area contributed by atoms with E-state index in [-0.39, 0.29) is 12.3 Å². The number of hydrogen-bond donors (Lipinski definition) is 3. The van der Waals surface area contributed by atoms with Crippen LogP contribution >= 0.6 is 0 Å². The number of nitrogens with zero attached hydrogens (tertiary/aromatic N) is 3. The molecule has 2 aliphatic rings. The molecular weight excluding hydrogens is 352 g/mol. The predicted molar refractivity (Wildman–Crippen MR) is 92.6 cm³/mol. The van der Waals surface area contributed by atoms with Crippen molar-refractivity contribution in [3.05, 3.63) is 29.7 Å². The van der Waals surface area contributed by atoms with Crippen LogP contribution in [0.4, 0.5) is 4.79 Å². The van der Waals surface area contributed by atoms with Crippen molar-refractivity contribution in [2.75, 3.05) is 13.7 Å². The number of ether oxygens (including phenoxy) is 1. The van der Waals surface area contributed by atoms with Crippen LogP contribution in [-0.4, -0.2) is 57.4 Å². The highest BCUT2D eigenvalue weighted by Gasteiger charge is 2.33. The van der Waals surface area contributed by atoms with Gasteiger partial charge in [-0.1, -0.05) is 0 Å². The number of amides is 4. The van der Waals surface area contributed by atoms with Gasteiger partial charge in [0.2, 0.25) is 11.8 Å². The number of carbonyl (C=O) groups is 3. The molecule has 4 rings (SSSR count). The molecule has 10 heteroatoms. The maximum atomic E-state index is 12.5. The summed E-state index contributed by atoms with van der Waals surface area (Å²) in [5.74, 6) is 0.550. The second-order valence-corrected chi connectivity index (χ2v) is 6.38. The third-order valence-electron chi connectivity index (χ3n) is 4.64. The van der Waals surface area contributed by atoms with Gasteiger partial charge in [-0.2, -0.15) is 0 Å². The van der Waals surface area contributed by atoms with Crippen LogP contribution in [-0.2, 0) is 22.6 Å². The van der Waals surface area contributed by atoms with Gasteiger partial charge in [-0.05, 0) is 6.07 Å². The van der Waals surface area contributed by atoms with Crippen molar-refractivity contribution >= 4 is 17.8 Å². The summed E-state index contributed by atoms with van der Waals surface area (Å²) in [5, 5.41) is 4.57. The second-order valence-electron chi connectivity index (χ2n) is 6.38. The fourth-order valence-electron chi connectivity index (χ4n) is 3.19. The Bertz CT molecular complexity index is 907. The molecule has 1 atom stereocenters. The van der Waals surface area contributed by atoms with Gasteiger partial charge in [0.05, 0.1) is 31.5 Å². The van der Waals surface area contributed by atoms with Crippen LogP contribution in [0.1, 0.15) is 17.8 Å². The van der Waals surface area contributed by atoms with Crippen LogP contribution in [0, 0.1) is 0 Å². The van der Waals surface area contributed by atoms with Crippen LogP contribution < -0.4 is 15.4 Å². The Balaban J connectivity index is 1.45. The summed E-state index contributed by atoms with van der Waals surface area (Å²) in [6.07, 6.45) is 2.23. The Hall–Kier alpha value is -3.43. The first-order valence-corrected chi connectivity index (χ1v) is 8.51. The molecule has 2 aromatic rings. The normalized spacial score (nSPS) is 18.7. The van der Waals surface area contributed by atoms with E-state index in [2.05, 4.69) is 25.6 Å².